The van der Waals surface area contributed by atoms with Gasteiger partial charge in [-0.1, -0.05) is 30.3 Å². The van der Waals surface area contributed by atoms with Gasteiger partial charge in [0.2, 0.25) is 10.0 Å². The molecule has 0 amide bonds. The summed E-state index contributed by atoms with van der Waals surface area (Å²) in [7, 11) is -2.11. The third-order valence-electron chi connectivity index (χ3n) is 3.16. The molecule has 0 saturated heterocycles. The van der Waals surface area contributed by atoms with Gasteiger partial charge in [-0.2, -0.15) is 5.10 Å². The molecule has 1 N–H and O–H groups in total. The van der Waals surface area contributed by atoms with Crippen molar-refractivity contribution >= 4 is 10.0 Å². The van der Waals surface area contributed by atoms with E-state index in [2.05, 4.69) is 9.82 Å². The van der Waals surface area contributed by atoms with Gasteiger partial charge >= 0.3 is 0 Å². The van der Waals surface area contributed by atoms with E-state index in [1.165, 1.54) is 7.11 Å². The number of ether oxygens (including phenoxy) is 1. The lowest BCUT2D eigenvalue weighted by Gasteiger charge is -2.06. The molecule has 2 aromatic rings. The highest BCUT2D eigenvalue weighted by Gasteiger charge is 2.23. The number of hydrogen-bond acceptors (Lipinski definition) is 4. The maximum atomic E-state index is 12.5. The van der Waals surface area contributed by atoms with Crippen LogP contribution in [-0.4, -0.2) is 38.5 Å². The first-order valence-electron chi connectivity index (χ1n) is 7.09. The Hall–Kier alpha value is -1.70. The standard InChI is InChI=1S/C15H21N3O3S/c1-12(2)18-11-14(22(19,20)16-9-10-21-3)15(17-18)13-7-5-4-6-8-13/h4-8,11-12,16H,9-10H2,1-3H3. The average Bonchev–Trinajstić information content (AvgIpc) is 2.94. The van der Waals surface area contributed by atoms with Crippen LogP contribution < -0.4 is 4.72 Å². The maximum absolute atomic E-state index is 12.5. The van der Waals surface area contributed by atoms with Crippen molar-refractivity contribution < 1.29 is 13.2 Å². The second-order valence-corrected chi connectivity index (χ2v) is 6.91. The topological polar surface area (TPSA) is 73.2 Å². The largest absolute Gasteiger partial charge is 0.383 e. The maximum Gasteiger partial charge on any atom is 0.244 e. The van der Waals surface area contributed by atoms with Crippen molar-refractivity contribution in [3.8, 4) is 11.3 Å². The van der Waals surface area contributed by atoms with Crippen LogP contribution in [-0.2, 0) is 14.8 Å². The number of nitrogens with zero attached hydrogens (tertiary/aromatic N) is 2. The van der Waals surface area contributed by atoms with E-state index in [4.69, 9.17) is 4.74 Å². The summed E-state index contributed by atoms with van der Waals surface area (Å²) < 4.78 is 34.1. The van der Waals surface area contributed by atoms with E-state index < -0.39 is 10.0 Å². The Labute approximate surface area is 131 Å². The molecule has 0 bridgehead atoms. The highest BCUT2D eigenvalue weighted by Crippen LogP contribution is 2.26. The Bertz CT molecular complexity index is 709. The van der Waals surface area contributed by atoms with Crippen LogP contribution in [0.2, 0.25) is 0 Å². The van der Waals surface area contributed by atoms with Crippen molar-refractivity contribution in [3.63, 3.8) is 0 Å². The molecule has 0 unspecified atom stereocenters. The van der Waals surface area contributed by atoms with E-state index in [9.17, 15) is 8.42 Å². The van der Waals surface area contributed by atoms with Gasteiger partial charge in [0.15, 0.2) is 0 Å². The smallest absolute Gasteiger partial charge is 0.244 e. The van der Waals surface area contributed by atoms with Crippen molar-refractivity contribution in [2.24, 2.45) is 0 Å². The normalized spacial score (nSPS) is 12.0. The first-order valence-corrected chi connectivity index (χ1v) is 8.57. The lowest BCUT2D eigenvalue weighted by atomic mass is 10.2. The SMILES string of the molecule is COCCNS(=O)(=O)c1cn(C(C)C)nc1-c1ccccc1. The molecule has 22 heavy (non-hydrogen) atoms. The Morgan fingerprint density at radius 2 is 1.95 bits per heavy atom. The summed E-state index contributed by atoms with van der Waals surface area (Å²) in [5.74, 6) is 0. The number of nitrogens with one attached hydrogen (secondary N) is 1. The van der Waals surface area contributed by atoms with Crippen LogP contribution in [0.3, 0.4) is 0 Å². The van der Waals surface area contributed by atoms with Crippen LogP contribution in [0.4, 0.5) is 0 Å². The van der Waals surface area contributed by atoms with Crippen LogP contribution in [0.25, 0.3) is 11.3 Å². The quantitative estimate of drug-likeness (QED) is 0.792. The minimum Gasteiger partial charge on any atom is -0.383 e. The fraction of sp³-hybridized carbons (Fsp3) is 0.400. The summed E-state index contributed by atoms with van der Waals surface area (Å²) in [4.78, 5) is 0.184. The molecular weight excluding hydrogens is 302 g/mol. The fourth-order valence-electron chi connectivity index (χ4n) is 1.99. The minimum absolute atomic E-state index is 0.0744. The average molecular weight is 323 g/mol. The number of hydrogen-bond donors (Lipinski definition) is 1. The molecule has 0 aliphatic carbocycles. The zero-order chi connectivity index (χ0) is 16.2. The Balaban J connectivity index is 2.45. The molecule has 2 rings (SSSR count). The van der Waals surface area contributed by atoms with Gasteiger partial charge in [0, 0.05) is 31.5 Å². The molecule has 0 radical (unpaired) electrons. The van der Waals surface area contributed by atoms with Crippen LogP contribution in [0, 0.1) is 0 Å². The molecule has 0 aliphatic heterocycles. The van der Waals surface area contributed by atoms with Gasteiger partial charge in [-0.3, -0.25) is 4.68 Å². The highest BCUT2D eigenvalue weighted by molar-refractivity contribution is 7.89. The summed E-state index contributed by atoms with van der Waals surface area (Å²) in [6, 6.07) is 9.37. The van der Waals surface area contributed by atoms with Crippen LogP contribution in [0.1, 0.15) is 19.9 Å². The molecular formula is C15H21N3O3S. The Kier molecular flexibility index (Phi) is 5.33. The van der Waals surface area contributed by atoms with Gasteiger partial charge in [0.25, 0.3) is 0 Å². The van der Waals surface area contributed by atoms with E-state index >= 15 is 0 Å². The molecule has 1 aromatic carbocycles. The van der Waals surface area contributed by atoms with E-state index in [0.717, 1.165) is 5.56 Å². The van der Waals surface area contributed by atoms with Crippen molar-refractivity contribution in [1.82, 2.24) is 14.5 Å². The molecule has 7 heteroatoms. The summed E-state index contributed by atoms with van der Waals surface area (Å²) in [5.41, 5.74) is 1.23. The summed E-state index contributed by atoms with van der Waals surface area (Å²) in [5, 5.41) is 4.44. The monoisotopic (exact) mass is 323 g/mol. The second kappa shape index (κ2) is 7.04. The number of methoxy groups -OCH3 is 1. The molecule has 1 heterocycles. The molecule has 0 spiro atoms. The highest BCUT2D eigenvalue weighted by atomic mass is 32.2. The van der Waals surface area contributed by atoms with E-state index in [1.54, 1.807) is 10.9 Å². The van der Waals surface area contributed by atoms with Gasteiger partial charge in [-0.15, -0.1) is 0 Å². The Morgan fingerprint density at radius 1 is 1.27 bits per heavy atom. The zero-order valence-electron chi connectivity index (χ0n) is 13.0. The van der Waals surface area contributed by atoms with Gasteiger partial charge in [0.05, 0.1) is 6.61 Å². The predicted octanol–water partition coefficient (Wildman–Crippen LogP) is 2.06. The van der Waals surface area contributed by atoms with Crippen LogP contribution in [0.5, 0.6) is 0 Å². The van der Waals surface area contributed by atoms with Crippen molar-refractivity contribution in [1.29, 1.82) is 0 Å². The lowest BCUT2D eigenvalue weighted by Crippen LogP contribution is -2.27. The second-order valence-electron chi connectivity index (χ2n) is 5.17. The van der Waals surface area contributed by atoms with Gasteiger partial charge in [-0.25, -0.2) is 13.1 Å². The van der Waals surface area contributed by atoms with Crippen LogP contribution in [0.15, 0.2) is 41.4 Å². The molecule has 6 nitrogen and oxygen atoms in total. The number of benzene rings is 1. The molecule has 0 fully saturated rings. The minimum atomic E-state index is -3.64. The molecule has 0 atom stereocenters. The molecule has 120 valence electrons. The van der Waals surface area contributed by atoms with E-state index in [1.807, 2.05) is 44.2 Å². The number of sulfonamides is 1. The molecule has 0 aliphatic rings. The summed E-state index contributed by atoms with van der Waals surface area (Å²) >= 11 is 0. The molecule has 1 aromatic heterocycles. The van der Waals surface area contributed by atoms with Crippen molar-refractivity contribution in [2.75, 3.05) is 20.3 Å². The van der Waals surface area contributed by atoms with Crippen molar-refractivity contribution in [2.45, 2.75) is 24.8 Å². The van der Waals surface area contributed by atoms with Gasteiger partial charge in [0.1, 0.15) is 10.6 Å². The fourth-order valence-corrected chi connectivity index (χ4v) is 3.16. The summed E-state index contributed by atoms with van der Waals surface area (Å²) in [6.45, 7) is 4.45. The first-order chi connectivity index (χ1) is 10.5. The van der Waals surface area contributed by atoms with E-state index in [0.29, 0.717) is 12.3 Å². The number of rotatable bonds is 7. The predicted molar refractivity (Wildman–Crippen MR) is 85.1 cm³/mol. The van der Waals surface area contributed by atoms with Crippen LogP contribution >= 0.6 is 0 Å². The summed E-state index contributed by atoms with van der Waals surface area (Å²) in [6.07, 6.45) is 1.57. The third-order valence-corrected chi connectivity index (χ3v) is 4.62. The third kappa shape index (κ3) is 3.73. The Morgan fingerprint density at radius 3 is 2.55 bits per heavy atom. The van der Waals surface area contributed by atoms with Gasteiger partial charge < -0.3 is 4.74 Å². The lowest BCUT2D eigenvalue weighted by molar-refractivity contribution is 0.204. The first kappa shape index (κ1) is 16.7. The zero-order valence-corrected chi connectivity index (χ0v) is 13.8. The van der Waals surface area contributed by atoms with Crippen molar-refractivity contribution in [3.05, 3.63) is 36.5 Å². The van der Waals surface area contributed by atoms with E-state index in [-0.39, 0.29) is 17.5 Å². The number of aromatic nitrogens is 2. The molecule has 0 saturated carbocycles. The van der Waals surface area contributed by atoms with Gasteiger partial charge in [-0.05, 0) is 13.8 Å².